The molecule has 5 nitrogen and oxygen atoms in total. The van der Waals surface area contributed by atoms with Crippen LogP contribution in [0.15, 0.2) is 23.1 Å². The van der Waals surface area contributed by atoms with Crippen LogP contribution in [-0.4, -0.2) is 62.6 Å². The molecule has 3 heterocycles. The number of piperidine rings is 2. The number of hydrogen-bond acceptors (Lipinski definition) is 4. The maximum atomic E-state index is 13.2. The van der Waals surface area contributed by atoms with Crippen LogP contribution in [-0.2, 0) is 27.6 Å². The van der Waals surface area contributed by atoms with Gasteiger partial charge in [0.1, 0.15) is 0 Å². The minimum atomic E-state index is -3.36. The summed E-state index contributed by atoms with van der Waals surface area (Å²) in [5, 5.41) is 0. The van der Waals surface area contributed by atoms with Crippen molar-refractivity contribution in [1.29, 1.82) is 0 Å². The standard InChI is InChI=1S/C24H36N2O3S/c27-30(28,23-7-6-21-4-3-5-22(21)18-23)26-13-8-20(9-14-26)19-25-15-11-24(12-16-25)10-1-2-17-29-24/h6-7,18,20H,1-5,8-17,19H2. The Morgan fingerprint density at radius 3 is 2.43 bits per heavy atom. The molecular formula is C24H36N2O3S. The molecule has 0 atom stereocenters. The van der Waals surface area contributed by atoms with E-state index in [1.807, 2.05) is 18.2 Å². The van der Waals surface area contributed by atoms with Crippen molar-refractivity contribution in [3.63, 3.8) is 0 Å². The third-order valence-electron chi connectivity index (χ3n) is 8.00. The van der Waals surface area contributed by atoms with Gasteiger partial charge in [-0.1, -0.05) is 6.07 Å². The van der Waals surface area contributed by atoms with Crippen LogP contribution in [0.2, 0.25) is 0 Å². The van der Waals surface area contributed by atoms with E-state index >= 15 is 0 Å². The Balaban J connectivity index is 1.13. The first-order chi connectivity index (χ1) is 14.5. The van der Waals surface area contributed by atoms with Crippen LogP contribution >= 0.6 is 0 Å². The van der Waals surface area contributed by atoms with Crippen LogP contribution < -0.4 is 0 Å². The molecule has 0 saturated carbocycles. The Hall–Kier alpha value is -0.950. The molecule has 3 aliphatic heterocycles. The molecule has 6 heteroatoms. The molecule has 3 saturated heterocycles. The Kier molecular flexibility index (Phi) is 5.95. The number of ether oxygens (including phenoxy) is 1. The summed E-state index contributed by atoms with van der Waals surface area (Å²) in [5.74, 6) is 0.609. The summed E-state index contributed by atoms with van der Waals surface area (Å²) in [7, 11) is -3.36. The van der Waals surface area contributed by atoms with Crippen LogP contribution in [0.25, 0.3) is 0 Å². The van der Waals surface area contributed by atoms with Gasteiger partial charge in [0.2, 0.25) is 10.0 Å². The summed E-state index contributed by atoms with van der Waals surface area (Å²) >= 11 is 0. The molecular weight excluding hydrogens is 396 g/mol. The molecule has 5 rings (SSSR count). The minimum Gasteiger partial charge on any atom is -0.375 e. The van der Waals surface area contributed by atoms with Gasteiger partial charge in [-0.3, -0.25) is 0 Å². The first kappa shape index (κ1) is 20.9. The Bertz CT molecular complexity index is 845. The fourth-order valence-corrected chi connectivity index (χ4v) is 7.52. The highest BCUT2D eigenvalue weighted by molar-refractivity contribution is 7.89. The molecule has 166 valence electrons. The number of rotatable bonds is 4. The fraction of sp³-hybridized carbons (Fsp3) is 0.750. The third kappa shape index (κ3) is 4.21. The second-order valence-corrected chi connectivity index (χ2v) is 11.9. The number of sulfonamides is 1. The van der Waals surface area contributed by atoms with Gasteiger partial charge in [-0.25, -0.2) is 8.42 Å². The van der Waals surface area contributed by atoms with E-state index in [4.69, 9.17) is 4.74 Å². The summed E-state index contributed by atoms with van der Waals surface area (Å²) in [5.41, 5.74) is 2.73. The van der Waals surface area contributed by atoms with E-state index in [0.717, 1.165) is 58.3 Å². The molecule has 0 amide bonds. The summed E-state index contributed by atoms with van der Waals surface area (Å²) in [6.45, 7) is 5.64. The first-order valence-electron chi connectivity index (χ1n) is 12.0. The van der Waals surface area contributed by atoms with Gasteiger partial charge in [-0.2, -0.15) is 4.31 Å². The van der Waals surface area contributed by atoms with E-state index in [9.17, 15) is 8.42 Å². The highest BCUT2D eigenvalue weighted by atomic mass is 32.2. The van der Waals surface area contributed by atoms with Crippen LogP contribution in [0.1, 0.15) is 62.5 Å². The van der Waals surface area contributed by atoms with Crippen LogP contribution in [0.5, 0.6) is 0 Å². The molecule has 30 heavy (non-hydrogen) atoms. The molecule has 1 spiro atoms. The van der Waals surface area contributed by atoms with Crippen molar-refractivity contribution in [3.8, 4) is 0 Å². The van der Waals surface area contributed by atoms with Crippen molar-refractivity contribution in [2.45, 2.75) is 74.7 Å². The maximum absolute atomic E-state index is 13.2. The molecule has 1 aromatic rings. The van der Waals surface area contributed by atoms with Crippen molar-refractivity contribution in [3.05, 3.63) is 29.3 Å². The molecule has 0 bridgehead atoms. The van der Waals surface area contributed by atoms with E-state index in [1.54, 1.807) is 4.31 Å². The quantitative estimate of drug-likeness (QED) is 0.729. The summed E-state index contributed by atoms with van der Waals surface area (Å²) in [4.78, 5) is 3.09. The molecule has 4 aliphatic rings. The molecule has 1 aromatic carbocycles. The van der Waals surface area contributed by atoms with Gasteiger partial charge in [0.15, 0.2) is 0 Å². The third-order valence-corrected chi connectivity index (χ3v) is 9.89. The lowest BCUT2D eigenvalue weighted by atomic mass is 9.84. The highest BCUT2D eigenvalue weighted by Crippen LogP contribution is 2.35. The smallest absolute Gasteiger partial charge is 0.243 e. The predicted octanol–water partition coefficient (Wildman–Crippen LogP) is 3.61. The van der Waals surface area contributed by atoms with E-state index in [0.29, 0.717) is 23.9 Å². The van der Waals surface area contributed by atoms with Crippen LogP contribution in [0.4, 0.5) is 0 Å². The zero-order valence-corrected chi connectivity index (χ0v) is 19.0. The van der Waals surface area contributed by atoms with Crippen molar-refractivity contribution in [2.24, 2.45) is 5.92 Å². The second-order valence-electron chi connectivity index (χ2n) is 9.92. The molecule has 0 N–H and O–H groups in total. The zero-order chi connectivity index (χ0) is 20.6. The van der Waals surface area contributed by atoms with E-state index in [-0.39, 0.29) is 5.60 Å². The van der Waals surface area contributed by atoms with Crippen LogP contribution in [0.3, 0.4) is 0 Å². The van der Waals surface area contributed by atoms with Gasteiger partial charge in [0, 0.05) is 39.3 Å². The number of benzene rings is 1. The fourth-order valence-electron chi connectivity index (χ4n) is 6.00. The lowest BCUT2D eigenvalue weighted by Gasteiger charge is -2.45. The Morgan fingerprint density at radius 1 is 0.933 bits per heavy atom. The van der Waals surface area contributed by atoms with Crippen molar-refractivity contribution >= 4 is 10.0 Å². The normalized spacial score (nSPS) is 26.1. The average Bonchev–Trinajstić information content (AvgIpc) is 3.25. The van der Waals surface area contributed by atoms with Crippen molar-refractivity contribution in [1.82, 2.24) is 9.21 Å². The van der Waals surface area contributed by atoms with Gasteiger partial charge in [0.25, 0.3) is 0 Å². The van der Waals surface area contributed by atoms with E-state index in [1.165, 1.54) is 43.2 Å². The SMILES string of the molecule is O=S(=O)(c1ccc2c(c1)CCC2)N1CCC(CN2CCC3(CCCCO3)CC2)CC1. The monoisotopic (exact) mass is 432 g/mol. The van der Waals surface area contributed by atoms with Crippen molar-refractivity contribution < 1.29 is 13.2 Å². The number of nitrogens with zero attached hydrogens (tertiary/aromatic N) is 2. The van der Waals surface area contributed by atoms with Gasteiger partial charge in [-0.15, -0.1) is 0 Å². The molecule has 0 unspecified atom stereocenters. The average molecular weight is 433 g/mol. The Labute approximate surface area is 181 Å². The van der Waals surface area contributed by atoms with Crippen LogP contribution in [0, 0.1) is 5.92 Å². The maximum Gasteiger partial charge on any atom is 0.243 e. The topological polar surface area (TPSA) is 49.9 Å². The summed E-state index contributed by atoms with van der Waals surface area (Å²) in [6.07, 6.45) is 11.3. The van der Waals surface area contributed by atoms with Gasteiger partial charge in [-0.05, 0) is 93.4 Å². The number of fused-ring (bicyclic) bond motifs is 1. The summed E-state index contributed by atoms with van der Waals surface area (Å²) < 4.78 is 34.2. The minimum absolute atomic E-state index is 0.169. The first-order valence-corrected chi connectivity index (χ1v) is 13.5. The number of hydrogen-bond donors (Lipinski definition) is 0. The molecule has 1 aliphatic carbocycles. The second kappa shape index (κ2) is 8.53. The van der Waals surface area contributed by atoms with Gasteiger partial charge in [0.05, 0.1) is 10.5 Å². The molecule has 0 aromatic heterocycles. The van der Waals surface area contributed by atoms with E-state index < -0.39 is 10.0 Å². The van der Waals surface area contributed by atoms with Gasteiger partial charge >= 0.3 is 0 Å². The van der Waals surface area contributed by atoms with E-state index in [2.05, 4.69) is 4.90 Å². The lowest BCUT2D eigenvalue weighted by Crippen LogP contribution is -2.49. The highest BCUT2D eigenvalue weighted by Gasteiger charge is 2.38. The van der Waals surface area contributed by atoms with Gasteiger partial charge < -0.3 is 9.64 Å². The predicted molar refractivity (Wildman–Crippen MR) is 118 cm³/mol. The number of likely N-dealkylation sites (tertiary alicyclic amines) is 1. The largest absolute Gasteiger partial charge is 0.375 e. The Morgan fingerprint density at radius 2 is 1.70 bits per heavy atom. The summed E-state index contributed by atoms with van der Waals surface area (Å²) in [6, 6.07) is 5.78. The lowest BCUT2D eigenvalue weighted by molar-refractivity contribution is -0.112. The zero-order valence-electron chi connectivity index (χ0n) is 18.2. The molecule has 0 radical (unpaired) electrons. The molecule has 3 fully saturated rings. The number of aryl methyl sites for hydroxylation is 2. The van der Waals surface area contributed by atoms with Crippen molar-refractivity contribution in [2.75, 3.05) is 39.3 Å².